The molecule has 1 saturated heterocycles. The van der Waals surface area contributed by atoms with Gasteiger partial charge in [0.1, 0.15) is 0 Å². The molecule has 0 unspecified atom stereocenters. The first-order valence-electron chi connectivity index (χ1n) is 9.55. The van der Waals surface area contributed by atoms with Crippen LogP contribution in [-0.4, -0.2) is 27.0 Å². The Balaban J connectivity index is 2.05. The van der Waals surface area contributed by atoms with Gasteiger partial charge in [-0.05, 0) is 64.8 Å². The van der Waals surface area contributed by atoms with Crippen LogP contribution < -0.4 is 10.2 Å². The first-order valence-corrected chi connectivity index (χ1v) is 9.55. The number of nitrogens with one attached hydrogen (secondary N) is 1. The minimum Gasteiger partial charge on any atom is -0.338 e. The Morgan fingerprint density at radius 1 is 0.793 bits per heavy atom. The molecule has 1 heterocycles. The lowest BCUT2D eigenvalue weighted by atomic mass is 9.78. The van der Waals surface area contributed by atoms with Crippen molar-refractivity contribution in [2.75, 3.05) is 4.90 Å². The fourth-order valence-electron chi connectivity index (χ4n) is 4.49. The SMILES string of the molecule is CC1(C)CC(N(c2ccc([N+](=O)[O-])cc2)c2ccc([N+](=O)[O-])cc2)CC(C)(C)N1. The second-order valence-corrected chi connectivity index (χ2v) is 8.87. The summed E-state index contributed by atoms with van der Waals surface area (Å²) in [5.74, 6) is 0. The molecule has 29 heavy (non-hydrogen) atoms. The van der Waals surface area contributed by atoms with Gasteiger partial charge in [0.15, 0.2) is 0 Å². The summed E-state index contributed by atoms with van der Waals surface area (Å²) in [6.45, 7) is 8.63. The number of piperidine rings is 1. The molecule has 154 valence electrons. The first kappa shape index (κ1) is 20.7. The van der Waals surface area contributed by atoms with Gasteiger partial charge >= 0.3 is 0 Å². The highest BCUT2D eigenvalue weighted by Crippen LogP contribution is 2.39. The molecular weight excluding hydrogens is 372 g/mol. The number of rotatable bonds is 5. The average molecular weight is 398 g/mol. The Hall–Kier alpha value is -3.00. The van der Waals surface area contributed by atoms with E-state index in [2.05, 4.69) is 37.9 Å². The van der Waals surface area contributed by atoms with Crippen molar-refractivity contribution in [3.8, 4) is 0 Å². The molecular formula is C21H26N4O4. The maximum absolute atomic E-state index is 11.0. The Morgan fingerprint density at radius 2 is 1.14 bits per heavy atom. The molecule has 3 rings (SSSR count). The van der Waals surface area contributed by atoms with Crippen molar-refractivity contribution in [1.29, 1.82) is 0 Å². The molecule has 8 nitrogen and oxygen atoms in total. The fraction of sp³-hybridized carbons (Fsp3) is 0.429. The number of benzene rings is 2. The van der Waals surface area contributed by atoms with E-state index in [0.717, 1.165) is 24.2 Å². The van der Waals surface area contributed by atoms with Gasteiger partial charge in [0, 0.05) is 52.8 Å². The Kier molecular flexibility index (Phi) is 5.32. The Morgan fingerprint density at radius 3 is 1.45 bits per heavy atom. The van der Waals surface area contributed by atoms with E-state index in [1.165, 1.54) is 24.3 Å². The highest BCUT2D eigenvalue weighted by atomic mass is 16.6. The lowest BCUT2D eigenvalue weighted by Gasteiger charge is -2.50. The number of hydrogen-bond donors (Lipinski definition) is 1. The van der Waals surface area contributed by atoms with E-state index < -0.39 is 9.85 Å². The van der Waals surface area contributed by atoms with Gasteiger partial charge in [0.25, 0.3) is 11.4 Å². The largest absolute Gasteiger partial charge is 0.338 e. The molecule has 0 amide bonds. The van der Waals surface area contributed by atoms with E-state index in [0.29, 0.717) is 0 Å². The molecule has 0 aliphatic carbocycles. The van der Waals surface area contributed by atoms with E-state index in [1.807, 2.05) is 0 Å². The molecule has 0 radical (unpaired) electrons. The topological polar surface area (TPSA) is 102 Å². The van der Waals surface area contributed by atoms with Gasteiger partial charge in [-0.25, -0.2) is 0 Å². The van der Waals surface area contributed by atoms with Crippen LogP contribution in [0.5, 0.6) is 0 Å². The molecule has 0 saturated carbocycles. The van der Waals surface area contributed by atoms with E-state index in [9.17, 15) is 20.2 Å². The molecule has 2 aromatic rings. The maximum atomic E-state index is 11.0. The summed E-state index contributed by atoms with van der Waals surface area (Å²) in [6, 6.07) is 13.0. The molecule has 1 N–H and O–H groups in total. The monoisotopic (exact) mass is 398 g/mol. The maximum Gasteiger partial charge on any atom is 0.269 e. The van der Waals surface area contributed by atoms with Gasteiger partial charge in [-0.2, -0.15) is 0 Å². The minimum absolute atomic E-state index is 0.0309. The zero-order valence-corrected chi connectivity index (χ0v) is 17.1. The smallest absolute Gasteiger partial charge is 0.269 e. The molecule has 0 aromatic heterocycles. The van der Waals surface area contributed by atoms with E-state index in [-0.39, 0.29) is 28.5 Å². The standard InChI is InChI=1S/C21H26N4O4/c1-20(2)13-19(14-21(3,4)22-20)23(15-5-9-17(10-6-15)24(26)27)16-7-11-18(12-8-16)25(28)29/h5-12,19,22H,13-14H2,1-4H3. The van der Waals surface area contributed by atoms with E-state index in [1.54, 1.807) is 24.3 Å². The fourth-order valence-corrected chi connectivity index (χ4v) is 4.49. The Bertz CT molecular complexity index is 834. The third-order valence-corrected chi connectivity index (χ3v) is 5.21. The van der Waals surface area contributed by atoms with Crippen LogP contribution in [0, 0.1) is 20.2 Å². The third-order valence-electron chi connectivity index (χ3n) is 5.21. The minimum atomic E-state index is -0.420. The molecule has 0 atom stereocenters. The zero-order chi connectivity index (χ0) is 21.4. The number of nitrogens with zero attached hydrogens (tertiary/aromatic N) is 3. The van der Waals surface area contributed by atoms with Crippen molar-refractivity contribution < 1.29 is 9.85 Å². The van der Waals surface area contributed by atoms with Crippen molar-refractivity contribution >= 4 is 22.7 Å². The highest BCUT2D eigenvalue weighted by molar-refractivity contribution is 5.66. The summed E-state index contributed by atoms with van der Waals surface area (Å²) in [5.41, 5.74) is 1.50. The van der Waals surface area contributed by atoms with Crippen LogP contribution in [0.3, 0.4) is 0 Å². The molecule has 0 spiro atoms. The van der Waals surface area contributed by atoms with Crippen LogP contribution >= 0.6 is 0 Å². The number of hydrogen-bond acceptors (Lipinski definition) is 6. The second kappa shape index (κ2) is 7.44. The van der Waals surface area contributed by atoms with Gasteiger partial charge in [-0.15, -0.1) is 0 Å². The predicted molar refractivity (Wildman–Crippen MR) is 113 cm³/mol. The summed E-state index contributed by atoms with van der Waals surface area (Å²) in [5, 5.41) is 25.8. The summed E-state index contributed by atoms with van der Waals surface area (Å²) in [6.07, 6.45) is 1.70. The second-order valence-electron chi connectivity index (χ2n) is 8.87. The summed E-state index contributed by atoms with van der Waals surface area (Å²) in [4.78, 5) is 23.4. The quantitative estimate of drug-likeness (QED) is 0.565. The van der Waals surface area contributed by atoms with Gasteiger partial charge < -0.3 is 10.2 Å². The van der Waals surface area contributed by atoms with Crippen LogP contribution in [0.1, 0.15) is 40.5 Å². The van der Waals surface area contributed by atoms with Crippen LogP contribution in [0.15, 0.2) is 48.5 Å². The molecule has 1 aliphatic rings. The summed E-state index contributed by atoms with van der Waals surface area (Å²) in [7, 11) is 0. The lowest BCUT2D eigenvalue weighted by molar-refractivity contribution is -0.385. The number of anilines is 2. The zero-order valence-electron chi connectivity index (χ0n) is 17.1. The number of non-ortho nitro benzene ring substituents is 2. The average Bonchev–Trinajstić information content (AvgIpc) is 2.60. The van der Waals surface area contributed by atoms with Crippen LogP contribution in [0.25, 0.3) is 0 Å². The highest BCUT2D eigenvalue weighted by Gasteiger charge is 2.40. The molecule has 1 aliphatic heterocycles. The van der Waals surface area contributed by atoms with Crippen LogP contribution in [0.4, 0.5) is 22.7 Å². The normalized spacial score (nSPS) is 18.2. The summed E-state index contributed by atoms with van der Waals surface area (Å²) >= 11 is 0. The van der Waals surface area contributed by atoms with Crippen molar-refractivity contribution in [3.63, 3.8) is 0 Å². The van der Waals surface area contributed by atoms with Crippen molar-refractivity contribution in [3.05, 3.63) is 68.8 Å². The van der Waals surface area contributed by atoms with E-state index >= 15 is 0 Å². The lowest BCUT2D eigenvalue weighted by Crippen LogP contribution is -2.61. The predicted octanol–water partition coefficient (Wildman–Crippen LogP) is 4.95. The molecule has 0 bridgehead atoms. The van der Waals surface area contributed by atoms with Gasteiger partial charge in [-0.3, -0.25) is 20.2 Å². The van der Waals surface area contributed by atoms with Crippen molar-refractivity contribution in [2.24, 2.45) is 0 Å². The Labute approximate surface area is 169 Å². The molecule has 1 fully saturated rings. The van der Waals surface area contributed by atoms with Gasteiger partial charge in [0.2, 0.25) is 0 Å². The van der Waals surface area contributed by atoms with E-state index in [4.69, 9.17) is 0 Å². The first-order chi connectivity index (χ1) is 13.5. The number of nitro benzene ring substituents is 2. The molecule has 2 aromatic carbocycles. The van der Waals surface area contributed by atoms with Gasteiger partial charge in [0.05, 0.1) is 9.85 Å². The summed E-state index contributed by atoms with van der Waals surface area (Å²) < 4.78 is 0. The van der Waals surface area contributed by atoms with Gasteiger partial charge in [-0.1, -0.05) is 0 Å². The van der Waals surface area contributed by atoms with Crippen molar-refractivity contribution in [2.45, 2.75) is 57.7 Å². The molecule has 8 heteroatoms. The third kappa shape index (κ3) is 4.71. The van der Waals surface area contributed by atoms with Crippen LogP contribution in [-0.2, 0) is 0 Å². The van der Waals surface area contributed by atoms with Crippen LogP contribution in [0.2, 0.25) is 0 Å². The number of nitro groups is 2. The van der Waals surface area contributed by atoms with Crippen molar-refractivity contribution in [1.82, 2.24) is 5.32 Å².